The predicted octanol–water partition coefficient (Wildman–Crippen LogP) is 2.33. The van der Waals surface area contributed by atoms with Crippen molar-refractivity contribution in [1.29, 1.82) is 0 Å². The number of rotatable bonds is 4. The van der Waals surface area contributed by atoms with E-state index in [0.717, 1.165) is 6.07 Å². The highest BCUT2D eigenvalue weighted by molar-refractivity contribution is 6.31. The molecule has 0 saturated heterocycles. The molecule has 1 unspecified atom stereocenters. The number of carbonyl (C=O) groups excluding carboxylic acids is 2. The van der Waals surface area contributed by atoms with Crippen molar-refractivity contribution in [3.63, 3.8) is 0 Å². The number of aromatic amines is 1. The van der Waals surface area contributed by atoms with E-state index in [1.807, 2.05) is 5.32 Å². The molecule has 0 radical (unpaired) electrons. The minimum Gasteiger partial charge on any atom is -0.497 e. The summed E-state index contributed by atoms with van der Waals surface area (Å²) in [6, 6.07) is 10.5. The van der Waals surface area contributed by atoms with Gasteiger partial charge in [0.1, 0.15) is 17.1 Å². The molecule has 2 aromatic carbocycles. The number of aromatic nitrogens is 2. The maximum absolute atomic E-state index is 14.5. The van der Waals surface area contributed by atoms with Crippen LogP contribution in [0, 0.1) is 0 Å². The molecule has 13 heteroatoms. The number of carbonyl (C=O) groups is 2. The summed E-state index contributed by atoms with van der Waals surface area (Å²) in [5, 5.41) is 3.67. The number of alkyl halides is 3. The molecule has 2 amide bonds. The van der Waals surface area contributed by atoms with Crippen molar-refractivity contribution in [1.82, 2.24) is 14.9 Å². The van der Waals surface area contributed by atoms with Gasteiger partial charge in [-0.25, -0.2) is 9.36 Å². The van der Waals surface area contributed by atoms with Gasteiger partial charge in [0.25, 0.3) is 22.9 Å². The molecule has 3 N–H and O–H groups in total. The van der Waals surface area contributed by atoms with Crippen LogP contribution in [0.3, 0.4) is 0 Å². The van der Waals surface area contributed by atoms with Gasteiger partial charge in [0.2, 0.25) is 0 Å². The standard InChI is InChI=1S/C21H14ClF3N4O5/c1-34-13-7-5-12(6-8-13)29-15-14(17(31)27-19(29)33)20(18(32)26-15,21(23,24)25)28-16(30)10-3-2-4-11(22)9-10/h2-9H,1H3,(H,26,32)(H,28,30)(H,27,31,33). The Balaban J connectivity index is 1.95. The topological polar surface area (TPSA) is 122 Å². The van der Waals surface area contributed by atoms with Gasteiger partial charge < -0.3 is 15.4 Å². The van der Waals surface area contributed by atoms with Crippen LogP contribution in [0.5, 0.6) is 5.75 Å². The van der Waals surface area contributed by atoms with Gasteiger partial charge in [-0.1, -0.05) is 17.7 Å². The quantitative estimate of drug-likeness (QED) is 0.514. The Bertz CT molecular complexity index is 1430. The molecule has 1 aliphatic heterocycles. The summed E-state index contributed by atoms with van der Waals surface area (Å²) in [7, 11) is 1.39. The molecule has 0 fully saturated rings. The van der Waals surface area contributed by atoms with Crippen LogP contribution in [-0.2, 0) is 10.3 Å². The van der Waals surface area contributed by atoms with Crippen LogP contribution in [0.1, 0.15) is 15.9 Å². The number of nitrogens with one attached hydrogen (secondary N) is 3. The van der Waals surface area contributed by atoms with E-state index in [2.05, 4.69) is 0 Å². The van der Waals surface area contributed by atoms with Crippen LogP contribution >= 0.6 is 11.6 Å². The zero-order valence-corrected chi connectivity index (χ0v) is 17.9. The average molecular weight is 495 g/mol. The van der Waals surface area contributed by atoms with Gasteiger partial charge in [-0.3, -0.25) is 19.4 Å². The van der Waals surface area contributed by atoms with Crippen LogP contribution < -0.4 is 26.6 Å². The van der Waals surface area contributed by atoms with Crippen LogP contribution in [0.15, 0.2) is 58.1 Å². The minimum absolute atomic E-state index is 0.0257. The predicted molar refractivity (Wildman–Crippen MR) is 114 cm³/mol. The monoisotopic (exact) mass is 494 g/mol. The fraction of sp³-hybridized carbons (Fsp3) is 0.143. The number of hydrogen-bond acceptors (Lipinski definition) is 5. The van der Waals surface area contributed by atoms with Gasteiger partial charge in [-0.15, -0.1) is 0 Å². The number of benzene rings is 2. The molecule has 4 rings (SSSR count). The molecule has 2 heterocycles. The highest BCUT2D eigenvalue weighted by Crippen LogP contribution is 2.45. The molecule has 176 valence electrons. The van der Waals surface area contributed by atoms with Crippen LogP contribution in [0.4, 0.5) is 19.0 Å². The summed E-state index contributed by atoms with van der Waals surface area (Å²) >= 11 is 5.81. The molecule has 0 spiro atoms. The summed E-state index contributed by atoms with van der Waals surface area (Å²) in [5.74, 6) is -3.42. The Morgan fingerprint density at radius 3 is 2.38 bits per heavy atom. The van der Waals surface area contributed by atoms with E-state index in [9.17, 15) is 32.3 Å². The van der Waals surface area contributed by atoms with E-state index >= 15 is 0 Å². The average Bonchev–Trinajstić information content (AvgIpc) is 3.07. The number of amides is 2. The zero-order valence-electron chi connectivity index (χ0n) is 17.1. The number of methoxy groups -OCH3 is 1. The summed E-state index contributed by atoms with van der Waals surface area (Å²) in [6.07, 6.45) is -5.47. The maximum Gasteiger partial charge on any atom is 0.425 e. The van der Waals surface area contributed by atoms with E-state index in [-0.39, 0.29) is 16.3 Å². The molecule has 34 heavy (non-hydrogen) atoms. The normalized spacial score (nSPS) is 17.1. The molecule has 0 bridgehead atoms. The lowest BCUT2D eigenvalue weighted by Gasteiger charge is -2.30. The van der Waals surface area contributed by atoms with Crippen molar-refractivity contribution in [2.24, 2.45) is 0 Å². The Hall–Kier alpha value is -4.06. The summed E-state index contributed by atoms with van der Waals surface area (Å²) in [4.78, 5) is 52.5. The van der Waals surface area contributed by atoms with Crippen molar-refractivity contribution in [2.75, 3.05) is 12.4 Å². The van der Waals surface area contributed by atoms with Crippen molar-refractivity contribution < 1.29 is 27.5 Å². The molecule has 1 aromatic heterocycles. The Kier molecular flexibility index (Phi) is 5.48. The van der Waals surface area contributed by atoms with E-state index < -0.39 is 46.2 Å². The third-order valence-corrected chi connectivity index (χ3v) is 5.44. The number of anilines is 1. The van der Waals surface area contributed by atoms with Gasteiger partial charge in [0, 0.05) is 10.6 Å². The third-order valence-electron chi connectivity index (χ3n) is 5.20. The molecule has 1 aliphatic rings. The van der Waals surface area contributed by atoms with Crippen LogP contribution in [0.2, 0.25) is 5.02 Å². The van der Waals surface area contributed by atoms with E-state index in [4.69, 9.17) is 16.3 Å². The number of H-pyrrole nitrogens is 1. The second kappa shape index (κ2) is 8.06. The number of hydrogen-bond donors (Lipinski definition) is 3. The SMILES string of the molecule is COc1ccc(-n2c3c(c(=O)[nH]c2=O)C(NC(=O)c2cccc(Cl)c2)(C(F)(F)F)C(=O)N3)cc1. The molecule has 3 aromatic rings. The number of halogens is 4. The summed E-state index contributed by atoms with van der Waals surface area (Å²) in [6.45, 7) is 0. The Morgan fingerprint density at radius 2 is 1.79 bits per heavy atom. The second-order valence-electron chi connectivity index (χ2n) is 7.18. The van der Waals surface area contributed by atoms with E-state index in [0.29, 0.717) is 10.3 Å². The zero-order chi connectivity index (χ0) is 24.8. The molecular weight excluding hydrogens is 481 g/mol. The molecule has 0 saturated carbocycles. The Morgan fingerprint density at radius 1 is 1.12 bits per heavy atom. The fourth-order valence-corrected chi connectivity index (χ4v) is 3.82. The molecule has 0 aliphatic carbocycles. The fourth-order valence-electron chi connectivity index (χ4n) is 3.63. The first-order valence-corrected chi connectivity index (χ1v) is 9.88. The molecule has 9 nitrogen and oxygen atoms in total. The third kappa shape index (κ3) is 3.52. The number of ether oxygens (including phenoxy) is 1. The highest BCUT2D eigenvalue weighted by atomic mass is 35.5. The Labute approximate surface area is 193 Å². The number of fused-ring (bicyclic) bond motifs is 1. The second-order valence-corrected chi connectivity index (χ2v) is 7.62. The minimum atomic E-state index is -5.47. The van der Waals surface area contributed by atoms with Gasteiger partial charge in [-0.2, -0.15) is 13.2 Å². The summed E-state index contributed by atoms with van der Waals surface area (Å²) in [5.41, 5.74) is -7.82. The van der Waals surface area contributed by atoms with E-state index in [1.165, 1.54) is 49.6 Å². The molecular formula is C21H14ClF3N4O5. The maximum atomic E-state index is 14.5. The van der Waals surface area contributed by atoms with E-state index in [1.54, 1.807) is 10.3 Å². The van der Waals surface area contributed by atoms with Crippen LogP contribution in [0.25, 0.3) is 5.69 Å². The lowest BCUT2D eigenvalue weighted by atomic mass is 9.91. The number of nitrogens with zero attached hydrogens (tertiary/aromatic N) is 1. The van der Waals surface area contributed by atoms with Crippen molar-refractivity contribution >= 4 is 29.2 Å². The van der Waals surface area contributed by atoms with Crippen LogP contribution in [-0.4, -0.2) is 34.7 Å². The largest absolute Gasteiger partial charge is 0.497 e. The first-order chi connectivity index (χ1) is 16.0. The first-order valence-electron chi connectivity index (χ1n) is 9.50. The molecule has 1 atom stereocenters. The van der Waals surface area contributed by atoms with Gasteiger partial charge >= 0.3 is 11.9 Å². The van der Waals surface area contributed by atoms with Gasteiger partial charge in [0.15, 0.2) is 0 Å². The van der Waals surface area contributed by atoms with Crippen molar-refractivity contribution in [2.45, 2.75) is 11.7 Å². The van der Waals surface area contributed by atoms with Gasteiger partial charge in [-0.05, 0) is 42.5 Å². The lowest BCUT2D eigenvalue weighted by molar-refractivity contribution is -0.196. The summed E-state index contributed by atoms with van der Waals surface area (Å²) < 4.78 is 49.1. The highest BCUT2D eigenvalue weighted by Gasteiger charge is 2.68. The van der Waals surface area contributed by atoms with Crippen molar-refractivity contribution in [3.05, 3.63) is 85.5 Å². The smallest absolute Gasteiger partial charge is 0.425 e. The van der Waals surface area contributed by atoms with Gasteiger partial charge in [0.05, 0.1) is 12.8 Å². The van der Waals surface area contributed by atoms with Crippen molar-refractivity contribution in [3.8, 4) is 11.4 Å². The first kappa shape index (κ1) is 23.1. The lowest BCUT2D eigenvalue weighted by Crippen LogP contribution is -2.62.